The molecule has 1 amide bonds. The number of carboxylic acids is 1. The van der Waals surface area contributed by atoms with Gasteiger partial charge in [-0.1, -0.05) is 6.92 Å². The lowest BCUT2D eigenvalue weighted by molar-refractivity contribution is -0.140. The highest BCUT2D eigenvalue weighted by molar-refractivity contribution is 5.77. The number of carbonyl (C=O) groups is 2. The van der Waals surface area contributed by atoms with Crippen LogP contribution in [0.3, 0.4) is 0 Å². The summed E-state index contributed by atoms with van der Waals surface area (Å²) in [5.41, 5.74) is 4.94. The quantitative estimate of drug-likeness (QED) is 0.334. The van der Waals surface area contributed by atoms with Gasteiger partial charge in [-0.25, -0.2) is 0 Å². The molecule has 0 rings (SSSR count). The van der Waals surface area contributed by atoms with Gasteiger partial charge in [0.15, 0.2) is 0 Å². The number of hydrogen-bond acceptors (Lipinski definition) is 5. The van der Waals surface area contributed by atoms with Crippen LogP contribution in [0.15, 0.2) is 0 Å². The van der Waals surface area contributed by atoms with Crippen molar-refractivity contribution in [2.45, 2.75) is 44.4 Å². The van der Waals surface area contributed by atoms with E-state index in [1.54, 1.807) is 6.92 Å². The first kappa shape index (κ1) is 15.8. The van der Waals surface area contributed by atoms with E-state index >= 15 is 0 Å². The second-order valence-corrected chi connectivity index (χ2v) is 3.83. The third kappa shape index (κ3) is 6.20. The molecule has 0 aromatic heterocycles. The Morgan fingerprint density at radius 2 is 2.00 bits per heavy atom. The Bertz CT molecular complexity index is 259. The third-order valence-corrected chi connectivity index (χ3v) is 2.48. The number of aliphatic carboxylic acids is 1. The van der Waals surface area contributed by atoms with Crippen molar-refractivity contribution in [1.29, 1.82) is 0 Å². The van der Waals surface area contributed by atoms with Crippen molar-refractivity contribution in [3.63, 3.8) is 0 Å². The van der Waals surface area contributed by atoms with Gasteiger partial charge in [-0.2, -0.15) is 0 Å². The minimum absolute atomic E-state index is 0.0460. The highest BCUT2D eigenvalue weighted by atomic mass is 16.4. The van der Waals surface area contributed by atoms with E-state index in [4.69, 9.17) is 15.9 Å². The summed E-state index contributed by atoms with van der Waals surface area (Å²) >= 11 is 0. The van der Waals surface area contributed by atoms with E-state index < -0.39 is 36.7 Å². The maximum atomic E-state index is 10.9. The first-order valence-electron chi connectivity index (χ1n) is 5.48. The smallest absolute Gasteiger partial charge is 0.320 e. The van der Waals surface area contributed by atoms with Gasteiger partial charge in [0.05, 0.1) is 12.7 Å². The summed E-state index contributed by atoms with van der Waals surface area (Å²) in [5.74, 6) is -1.69. The van der Waals surface area contributed by atoms with Gasteiger partial charge >= 0.3 is 5.97 Å². The Labute approximate surface area is 99.6 Å². The maximum absolute atomic E-state index is 10.9. The van der Waals surface area contributed by atoms with E-state index in [9.17, 15) is 14.7 Å². The predicted molar refractivity (Wildman–Crippen MR) is 60.2 cm³/mol. The fraction of sp³-hybridized carbons (Fsp3) is 0.800. The number of aliphatic hydroxyl groups excluding tert-OH is 2. The average molecular weight is 248 g/mol. The summed E-state index contributed by atoms with van der Waals surface area (Å²) in [6.45, 7) is 1.30. The van der Waals surface area contributed by atoms with E-state index in [-0.39, 0.29) is 12.8 Å². The molecule has 100 valence electrons. The highest BCUT2D eigenvalue weighted by Gasteiger charge is 2.24. The summed E-state index contributed by atoms with van der Waals surface area (Å²) in [6, 6.07) is -1.50. The van der Waals surface area contributed by atoms with Crippen molar-refractivity contribution in [3.8, 4) is 0 Å². The van der Waals surface area contributed by atoms with E-state index in [2.05, 4.69) is 5.32 Å². The van der Waals surface area contributed by atoms with Crippen LogP contribution in [0.4, 0.5) is 0 Å². The Morgan fingerprint density at radius 3 is 2.35 bits per heavy atom. The first-order valence-corrected chi connectivity index (χ1v) is 5.48. The molecule has 17 heavy (non-hydrogen) atoms. The molecule has 0 bridgehead atoms. The van der Waals surface area contributed by atoms with Crippen LogP contribution >= 0.6 is 0 Å². The van der Waals surface area contributed by atoms with Crippen LogP contribution in [0.2, 0.25) is 0 Å². The monoisotopic (exact) mass is 248 g/mol. The number of nitrogens with one attached hydrogen (secondary N) is 1. The number of amides is 1. The number of hydrogen-bond donors (Lipinski definition) is 5. The second kappa shape index (κ2) is 7.99. The molecule has 7 heteroatoms. The van der Waals surface area contributed by atoms with Crippen LogP contribution in [0, 0.1) is 0 Å². The van der Waals surface area contributed by atoms with E-state index in [0.717, 1.165) is 0 Å². The molecule has 0 radical (unpaired) electrons. The third-order valence-electron chi connectivity index (χ3n) is 2.48. The molecule has 0 aliphatic rings. The lowest BCUT2D eigenvalue weighted by atomic mass is 10.1. The van der Waals surface area contributed by atoms with Crippen molar-refractivity contribution in [1.82, 2.24) is 5.32 Å². The molecule has 6 N–H and O–H groups in total. The van der Waals surface area contributed by atoms with E-state index in [0.29, 0.717) is 6.42 Å². The Kier molecular flexibility index (Phi) is 7.44. The molecule has 0 spiro atoms. The second-order valence-electron chi connectivity index (χ2n) is 3.83. The van der Waals surface area contributed by atoms with Crippen molar-refractivity contribution in [3.05, 3.63) is 0 Å². The zero-order chi connectivity index (χ0) is 13.4. The number of primary amides is 1. The molecule has 0 aromatic carbocycles. The zero-order valence-electron chi connectivity index (χ0n) is 9.80. The van der Waals surface area contributed by atoms with Gasteiger partial charge < -0.3 is 21.1 Å². The van der Waals surface area contributed by atoms with Gasteiger partial charge in [0.25, 0.3) is 0 Å². The predicted octanol–water partition coefficient (Wildman–Crippen LogP) is -1.57. The Hall–Kier alpha value is -1.18. The highest BCUT2D eigenvalue weighted by Crippen LogP contribution is 2.04. The van der Waals surface area contributed by atoms with Gasteiger partial charge in [0.1, 0.15) is 6.04 Å². The standard InChI is InChI=1S/C10H20N2O5/c1-2-6(8(14)5-13)12-7(10(16)17)3-4-9(11)15/h6-8,12-14H,2-5H2,1H3,(H2,11,15)(H,16,17). The molecule has 3 unspecified atom stereocenters. The summed E-state index contributed by atoms with van der Waals surface area (Å²) in [4.78, 5) is 21.5. The van der Waals surface area contributed by atoms with Gasteiger partial charge in [-0.3, -0.25) is 14.9 Å². The average Bonchev–Trinajstić information content (AvgIpc) is 2.27. The van der Waals surface area contributed by atoms with E-state index in [1.165, 1.54) is 0 Å². The number of carboxylic acid groups (broad SMARTS) is 1. The van der Waals surface area contributed by atoms with Crippen LogP contribution in [0.25, 0.3) is 0 Å². The maximum Gasteiger partial charge on any atom is 0.320 e. The van der Waals surface area contributed by atoms with Crippen LogP contribution in [-0.2, 0) is 9.59 Å². The summed E-state index contributed by atoms with van der Waals surface area (Å²) in [7, 11) is 0. The molecule has 0 fully saturated rings. The van der Waals surface area contributed by atoms with Gasteiger partial charge in [-0.05, 0) is 12.8 Å². The number of carbonyl (C=O) groups excluding carboxylic acids is 1. The SMILES string of the molecule is CCC(NC(CCC(N)=O)C(=O)O)C(O)CO. The van der Waals surface area contributed by atoms with Crippen LogP contribution in [0.5, 0.6) is 0 Å². The van der Waals surface area contributed by atoms with Crippen molar-refractivity contribution < 1.29 is 24.9 Å². The molecule has 0 aliphatic heterocycles. The molecule has 0 aliphatic carbocycles. The topological polar surface area (TPSA) is 133 Å². The van der Waals surface area contributed by atoms with Crippen LogP contribution < -0.4 is 11.1 Å². The lowest BCUT2D eigenvalue weighted by Gasteiger charge is -2.25. The molecule has 0 heterocycles. The molecular formula is C10H20N2O5. The summed E-state index contributed by atoms with van der Waals surface area (Å²) < 4.78 is 0. The summed E-state index contributed by atoms with van der Waals surface area (Å²) in [6.07, 6.45) is -0.563. The van der Waals surface area contributed by atoms with Gasteiger partial charge in [0.2, 0.25) is 5.91 Å². The number of nitrogens with two attached hydrogens (primary N) is 1. The number of rotatable bonds is 9. The molecule has 7 nitrogen and oxygen atoms in total. The van der Waals surface area contributed by atoms with Gasteiger partial charge in [0, 0.05) is 12.5 Å². The zero-order valence-corrected chi connectivity index (χ0v) is 9.80. The van der Waals surface area contributed by atoms with Crippen molar-refractivity contribution in [2.75, 3.05) is 6.61 Å². The lowest BCUT2D eigenvalue weighted by Crippen LogP contribution is -2.49. The molecular weight excluding hydrogens is 228 g/mol. The van der Waals surface area contributed by atoms with Gasteiger partial charge in [-0.15, -0.1) is 0 Å². The fourth-order valence-corrected chi connectivity index (χ4v) is 1.45. The minimum Gasteiger partial charge on any atom is -0.480 e. The number of aliphatic hydroxyl groups is 2. The Balaban J connectivity index is 4.40. The molecule has 0 saturated carbocycles. The van der Waals surface area contributed by atoms with Crippen LogP contribution in [-0.4, -0.2) is 52.0 Å². The van der Waals surface area contributed by atoms with Crippen LogP contribution in [0.1, 0.15) is 26.2 Å². The normalized spacial score (nSPS) is 16.2. The van der Waals surface area contributed by atoms with E-state index in [1.807, 2.05) is 0 Å². The first-order chi connectivity index (χ1) is 7.92. The molecule has 3 atom stereocenters. The van der Waals surface area contributed by atoms with Crippen molar-refractivity contribution >= 4 is 11.9 Å². The minimum atomic E-state index is -1.12. The fourth-order valence-electron chi connectivity index (χ4n) is 1.45. The summed E-state index contributed by atoms with van der Waals surface area (Å²) in [5, 5.41) is 29.8. The Morgan fingerprint density at radius 1 is 1.41 bits per heavy atom. The largest absolute Gasteiger partial charge is 0.480 e. The van der Waals surface area contributed by atoms with Crippen molar-refractivity contribution in [2.24, 2.45) is 5.73 Å². The molecule has 0 aromatic rings. The molecule has 0 saturated heterocycles.